The summed E-state index contributed by atoms with van der Waals surface area (Å²) in [5.41, 5.74) is 1.56. The SMILES string of the molecule is N#Cc1cccc(C(=O)Nc2c(C(=O)N3CCOCC3)oc3ccccc23)c1. The second-order valence-electron chi connectivity index (χ2n) is 6.35. The van der Waals surface area contributed by atoms with Crippen molar-refractivity contribution in [2.45, 2.75) is 0 Å². The van der Waals surface area contributed by atoms with Crippen LogP contribution < -0.4 is 5.32 Å². The van der Waals surface area contributed by atoms with Crippen LogP contribution in [0.1, 0.15) is 26.5 Å². The molecule has 28 heavy (non-hydrogen) atoms. The van der Waals surface area contributed by atoms with Crippen molar-refractivity contribution in [3.8, 4) is 6.07 Å². The lowest BCUT2D eigenvalue weighted by Gasteiger charge is -2.26. The van der Waals surface area contributed by atoms with Gasteiger partial charge in [-0.25, -0.2) is 0 Å². The second kappa shape index (κ2) is 7.55. The van der Waals surface area contributed by atoms with Crippen molar-refractivity contribution >= 4 is 28.5 Å². The van der Waals surface area contributed by atoms with Crippen LogP contribution in [0, 0.1) is 11.3 Å². The van der Waals surface area contributed by atoms with Crippen LogP contribution in [0.4, 0.5) is 5.69 Å². The molecule has 1 fully saturated rings. The minimum Gasteiger partial charge on any atom is -0.449 e. The lowest BCUT2D eigenvalue weighted by molar-refractivity contribution is 0.0285. The van der Waals surface area contributed by atoms with Crippen LogP contribution in [-0.4, -0.2) is 43.0 Å². The number of amides is 2. The van der Waals surface area contributed by atoms with Gasteiger partial charge in [-0.1, -0.05) is 18.2 Å². The molecule has 1 N–H and O–H groups in total. The van der Waals surface area contributed by atoms with E-state index in [0.717, 1.165) is 0 Å². The molecule has 7 nitrogen and oxygen atoms in total. The maximum absolute atomic E-state index is 13.0. The minimum atomic E-state index is -0.417. The number of nitrogens with one attached hydrogen (secondary N) is 1. The first-order valence-electron chi connectivity index (χ1n) is 8.87. The Hall–Kier alpha value is -3.63. The normalized spacial score (nSPS) is 13.9. The number of nitrogens with zero attached hydrogens (tertiary/aromatic N) is 2. The number of carbonyl (C=O) groups excluding carboxylic acids is 2. The quantitative estimate of drug-likeness (QED) is 0.759. The molecule has 1 aliphatic rings. The molecule has 4 rings (SSSR count). The number of carbonyl (C=O) groups is 2. The van der Waals surface area contributed by atoms with Crippen LogP contribution in [0.5, 0.6) is 0 Å². The maximum Gasteiger partial charge on any atom is 0.291 e. The van der Waals surface area contributed by atoms with Crippen molar-refractivity contribution in [2.24, 2.45) is 0 Å². The number of furan rings is 1. The lowest BCUT2D eigenvalue weighted by Crippen LogP contribution is -2.40. The fourth-order valence-corrected chi connectivity index (χ4v) is 3.15. The summed E-state index contributed by atoms with van der Waals surface area (Å²) in [6.45, 7) is 1.87. The Morgan fingerprint density at radius 1 is 1.07 bits per heavy atom. The number of para-hydroxylation sites is 1. The molecule has 1 aromatic heterocycles. The van der Waals surface area contributed by atoms with Gasteiger partial charge in [0.1, 0.15) is 11.3 Å². The summed E-state index contributed by atoms with van der Waals surface area (Å²) in [5, 5.41) is 12.5. The highest BCUT2D eigenvalue weighted by Gasteiger charge is 2.27. The molecule has 0 aliphatic carbocycles. The first-order chi connectivity index (χ1) is 13.7. The summed E-state index contributed by atoms with van der Waals surface area (Å²) in [4.78, 5) is 27.4. The summed E-state index contributed by atoms with van der Waals surface area (Å²) >= 11 is 0. The van der Waals surface area contributed by atoms with E-state index >= 15 is 0 Å². The van der Waals surface area contributed by atoms with E-state index in [9.17, 15) is 9.59 Å². The zero-order valence-corrected chi connectivity index (χ0v) is 15.0. The molecule has 2 heterocycles. The van der Waals surface area contributed by atoms with Gasteiger partial charge in [0, 0.05) is 24.0 Å². The van der Waals surface area contributed by atoms with Crippen LogP contribution in [0.3, 0.4) is 0 Å². The third-order valence-corrected chi connectivity index (χ3v) is 4.58. The van der Waals surface area contributed by atoms with Gasteiger partial charge in [-0.3, -0.25) is 9.59 Å². The number of hydrogen-bond donors (Lipinski definition) is 1. The van der Waals surface area contributed by atoms with E-state index in [4.69, 9.17) is 14.4 Å². The Morgan fingerprint density at radius 2 is 1.86 bits per heavy atom. The van der Waals surface area contributed by atoms with Crippen LogP contribution in [-0.2, 0) is 4.74 Å². The molecule has 0 atom stereocenters. The zero-order valence-electron chi connectivity index (χ0n) is 15.0. The molecule has 3 aromatic rings. The molecule has 0 saturated carbocycles. The molecule has 1 saturated heterocycles. The molecule has 2 amide bonds. The van der Waals surface area contributed by atoms with Crippen molar-refractivity contribution in [3.05, 3.63) is 65.4 Å². The van der Waals surface area contributed by atoms with Gasteiger partial charge in [0.25, 0.3) is 11.8 Å². The molecule has 1 aliphatic heterocycles. The number of nitriles is 1. The molecule has 7 heteroatoms. The van der Waals surface area contributed by atoms with Crippen LogP contribution in [0.25, 0.3) is 11.0 Å². The number of benzene rings is 2. The highest BCUT2D eigenvalue weighted by Crippen LogP contribution is 2.32. The van der Waals surface area contributed by atoms with Crippen LogP contribution >= 0.6 is 0 Å². The molecule has 0 radical (unpaired) electrons. The first kappa shape index (κ1) is 17.8. The van der Waals surface area contributed by atoms with Crippen molar-refractivity contribution < 1.29 is 18.7 Å². The fourth-order valence-electron chi connectivity index (χ4n) is 3.15. The molecule has 0 bridgehead atoms. The highest BCUT2D eigenvalue weighted by atomic mass is 16.5. The van der Waals surface area contributed by atoms with E-state index in [1.165, 1.54) is 6.07 Å². The largest absolute Gasteiger partial charge is 0.449 e. The predicted octanol–water partition coefficient (Wildman–Crippen LogP) is 3.03. The number of anilines is 1. The summed E-state index contributed by atoms with van der Waals surface area (Å²) in [6, 6.07) is 15.5. The third kappa shape index (κ3) is 3.33. The van der Waals surface area contributed by atoms with Gasteiger partial charge in [-0.15, -0.1) is 0 Å². The van der Waals surface area contributed by atoms with Crippen molar-refractivity contribution in [2.75, 3.05) is 31.6 Å². The zero-order chi connectivity index (χ0) is 19.5. The average molecular weight is 375 g/mol. The van der Waals surface area contributed by atoms with Gasteiger partial charge in [0.2, 0.25) is 5.76 Å². The van der Waals surface area contributed by atoms with Crippen LogP contribution in [0.15, 0.2) is 52.9 Å². The topological polar surface area (TPSA) is 95.6 Å². The number of rotatable bonds is 3. The van der Waals surface area contributed by atoms with Crippen molar-refractivity contribution in [3.63, 3.8) is 0 Å². The van der Waals surface area contributed by atoms with E-state index in [1.54, 1.807) is 41.3 Å². The summed E-state index contributed by atoms with van der Waals surface area (Å²) in [6.07, 6.45) is 0. The number of hydrogen-bond acceptors (Lipinski definition) is 5. The highest BCUT2D eigenvalue weighted by molar-refractivity contribution is 6.14. The number of morpholine rings is 1. The molecular weight excluding hydrogens is 358 g/mol. The van der Waals surface area contributed by atoms with E-state index < -0.39 is 5.91 Å². The van der Waals surface area contributed by atoms with Gasteiger partial charge in [-0.2, -0.15) is 5.26 Å². The van der Waals surface area contributed by atoms with Gasteiger partial charge in [-0.05, 0) is 30.3 Å². The molecule has 0 spiro atoms. The molecule has 140 valence electrons. The Bertz CT molecular complexity index is 1090. The van der Waals surface area contributed by atoms with E-state index in [1.807, 2.05) is 12.1 Å². The Morgan fingerprint density at radius 3 is 2.64 bits per heavy atom. The standard InChI is InChI=1S/C21H17N3O4/c22-13-14-4-3-5-15(12-14)20(25)23-18-16-6-1-2-7-17(16)28-19(18)21(26)24-8-10-27-11-9-24/h1-7,12H,8-11H2,(H,23,25). The van der Waals surface area contributed by atoms with Gasteiger partial charge >= 0.3 is 0 Å². The summed E-state index contributed by atoms with van der Waals surface area (Å²) in [7, 11) is 0. The Kier molecular flexibility index (Phi) is 4.79. The number of ether oxygens (including phenoxy) is 1. The van der Waals surface area contributed by atoms with Gasteiger partial charge < -0.3 is 19.4 Å². The van der Waals surface area contributed by atoms with Crippen molar-refractivity contribution in [1.82, 2.24) is 4.90 Å². The fraction of sp³-hybridized carbons (Fsp3) is 0.190. The van der Waals surface area contributed by atoms with E-state index in [-0.39, 0.29) is 11.7 Å². The lowest BCUT2D eigenvalue weighted by atomic mass is 10.1. The Balaban J connectivity index is 1.71. The summed E-state index contributed by atoms with van der Waals surface area (Å²) in [5.74, 6) is -0.617. The monoisotopic (exact) mass is 375 g/mol. The minimum absolute atomic E-state index is 0.0906. The number of fused-ring (bicyclic) bond motifs is 1. The first-order valence-corrected chi connectivity index (χ1v) is 8.87. The van der Waals surface area contributed by atoms with E-state index in [2.05, 4.69) is 5.32 Å². The van der Waals surface area contributed by atoms with Crippen molar-refractivity contribution in [1.29, 1.82) is 5.26 Å². The smallest absolute Gasteiger partial charge is 0.291 e. The molecular formula is C21H17N3O4. The third-order valence-electron chi connectivity index (χ3n) is 4.58. The van der Waals surface area contributed by atoms with E-state index in [0.29, 0.717) is 54.1 Å². The van der Waals surface area contributed by atoms with Crippen LogP contribution in [0.2, 0.25) is 0 Å². The predicted molar refractivity (Wildman–Crippen MR) is 102 cm³/mol. The second-order valence-corrected chi connectivity index (χ2v) is 6.35. The molecule has 2 aromatic carbocycles. The van der Waals surface area contributed by atoms with Gasteiger partial charge in [0.15, 0.2) is 0 Å². The summed E-state index contributed by atoms with van der Waals surface area (Å²) < 4.78 is 11.1. The molecule has 0 unspecified atom stereocenters. The Labute approximate surface area is 161 Å². The van der Waals surface area contributed by atoms with Gasteiger partial charge in [0.05, 0.1) is 24.8 Å². The average Bonchev–Trinajstić information content (AvgIpc) is 3.12. The maximum atomic E-state index is 13.0.